The summed E-state index contributed by atoms with van der Waals surface area (Å²) in [6.45, 7) is 0. The van der Waals surface area contributed by atoms with Gasteiger partial charge in [0.25, 0.3) is 0 Å². The van der Waals surface area contributed by atoms with Gasteiger partial charge in [0.15, 0.2) is 11.6 Å². The van der Waals surface area contributed by atoms with E-state index < -0.39 is 23.5 Å². The molecule has 0 aliphatic carbocycles. The summed E-state index contributed by atoms with van der Waals surface area (Å²) in [6.07, 6.45) is -6.39. The Morgan fingerprint density at radius 1 is 0.708 bits per heavy atom. The van der Waals surface area contributed by atoms with Gasteiger partial charge in [0.2, 0.25) is 0 Å². The van der Waals surface area contributed by atoms with Gasteiger partial charge in [-0.1, -0.05) is 6.07 Å². The minimum Gasteiger partial charge on any atom is -0.222 e. The second kappa shape index (κ2) is 5.35. The maximum Gasteiger partial charge on any atom is 0.419 e. The van der Waals surface area contributed by atoms with Crippen molar-refractivity contribution < 1.29 is 26.3 Å². The van der Waals surface area contributed by atoms with E-state index in [1.54, 1.807) is 0 Å². The molecule has 0 radical (unpaired) electrons. The third-order valence-electron chi connectivity index (χ3n) is 3.01. The van der Waals surface area contributed by atoms with Crippen LogP contribution in [0.2, 0.25) is 0 Å². The van der Waals surface area contributed by atoms with Crippen LogP contribution in [-0.2, 0) is 12.4 Å². The van der Waals surface area contributed by atoms with E-state index in [-0.39, 0.29) is 11.6 Å². The minimum absolute atomic E-state index is 0.00654. The molecular weight excluding hydrogens is 340 g/mol. The van der Waals surface area contributed by atoms with Crippen LogP contribution in [0.3, 0.4) is 0 Å². The van der Waals surface area contributed by atoms with Crippen LogP contribution < -0.4 is 0 Å². The predicted molar refractivity (Wildman–Crippen MR) is 68.5 cm³/mol. The summed E-state index contributed by atoms with van der Waals surface area (Å²) >= 11 is 0. The molecule has 24 heavy (non-hydrogen) atoms. The molecule has 11 heteroatoms. The zero-order chi connectivity index (χ0) is 17.5. The van der Waals surface area contributed by atoms with Crippen LogP contribution in [0, 0.1) is 0 Å². The van der Waals surface area contributed by atoms with Crippen molar-refractivity contribution in [2.45, 2.75) is 12.4 Å². The van der Waals surface area contributed by atoms with Crippen molar-refractivity contribution >= 4 is 0 Å². The molecule has 0 aliphatic rings. The molecule has 0 N–H and O–H groups in total. The monoisotopic (exact) mass is 347 g/mol. The van der Waals surface area contributed by atoms with E-state index in [2.05, 4.69) is 15.2 Å². The summed E-state index contributed by atoms with van der Waals surface area (Å²) in [6, 6.07) is 4.15. The standard InChI is InChI=1S/C13H7F6N5/c14-12(15,16)8-4-20-23(6-8)10-2-1-3-11(22-10)24-7-9(5-21-24)13(17,18)19/h1-7H. The van der Waals surface area contributed by atoms with E-state index in [0.29, 0.717) is 12.4 Å². The maximum atomic E-state index is 12.6. The van der Waals surface area contributed by atoms with E-state index in [0.717, 1.165) is 21.8 Å². The van der Waals surface area contributed by atoms with Crippen LogP contribution in [0.5, 0.6) is 0 Å². The Labute approximate surface area is 130 Å². The molecule has 0 amide bonds. The Balaban J connectivity index is 1.95. The summed E-state index contributed by atoms with van der Waals surface area (Å²) in [5.74, 6) is 0.0131. The summed E-state index contributed by atoms with van der Waals surface area (Å²) < 4.78 is 77.2. The number of hydrogen-bond donors (Lipinski definition) is 0. The van der Waals surface area contributed by atoms with Crippen molar-refractivity contribution in [1.29, 1.82) is 0 Å². The first-order chi connectivity index (χ1) is 11.1. The molecule has 3 aromatic heterocycles. The zero-order valence-electron chi connectivity index (χ0n) is 11.5. The van der Waals surface area contributed by atoms with Gasteiger partial charge < -0.3 is 0 Å². The van der Waals surface area contributed by atoms with Gasteiger partial charge in [0.1, 0.15) is 0 Å². The molecule has 0 fully saturated rings. The van der Waals surface area contributed by atoms with Gasteiger partial charge in [-0.25, -0.2) is 14.3 Å². The third kappa shape index (κ3) is 3.09. The molecule has 0 aliphatic heterocycles. The fraction of sp³-hybridized carbons (Fsp3) is 0.154. The molecule has 5 nitrogen and oxygen atoms in total. The maximum absolute atomic E-state index is 12.6. The molecule has 0 saturated carbocycles. The second-order valence-corrected chi connectivity index (χ2v) is 4.70. The highest BCUT2D eigenvalue weighted by Gasteiger charge is 2.33. The van der Waals surface area contributed by atoms with Gasteiger partial charge in [-0.2, -0.15) is 36.5 Å². The number of nitrogens with zero attached hydrogens (tertiary/aromatic N) is 5. The average Bonchev–Trinajstić information content (AvgIpc) is 3.16. The van der Waals surface area contributed by atoms with E-state index >= 15 is 0 Å². The molecule has 0 saturated heterocycles. The lowest BCUT2D eigenvalue weighted by atomic mass is 10.3. The first kappa shape index (κ1) is 16.0. The van der Waals surface area contributed by atoms with Crippen molar-refractivity contribution in [2.75, 3.05) is 0 Å². The Morgan fingerprint density at radius 3 is 1.46 bits per heavy atom. The largest absolute Gasteiger partial charge is 0.419 e. The van der Waals surface area contributed by atoms with Crippen LogP contribution in [0.1, 0.15) is 11.1 Å². The number of halogens is 6. The van der Waals surface area contributed by atoms with Crippen LogP contribution in [0.15, 0.2) is 43.0 Å². The lowest BCUT2D eigenvalue weighted by Gasteiger charge is -2.05. The van der Waals surface area contributed by atoms with Gasteiger partial charge >= 0.3 is 12.4 Å². The number of hydrogen-bond acceptors (Lipinski definition) is 3. The molecule has 0 spiro atoms. The van der Waals surface area contributed by atoms with Crippen molar-refractivity contribution in [3.8, 4) is 11.6 Å². The van der Waals surface area contributed by atoms with Crippen molar-refractivity contribution in [3.05, 3.63) is 54.1 Å². The van der Waals surface area contributed by atoms with Crippen LogP contribution in [-0.4, -0.2) is 24.5 Å². The molecule has 3 aromatic rings. The SMILES string of the molecule is FC(F)(F)c1cnn(-c2cccc(-n3cc(C(F)(F)F)cn3)n2)c1. The molecule has 126 valence electrons. The second-order valence-electron chi connectivity index (χ2n) is 4.70. The summed E-state index contributed by atoms with van der Waals surface area (Å²) in [5.41, 5.74) is -1.93. The van der Waals surface area contributed by atoms with E-state index in [4.69, 9.17) is 0 Å². The average molecular weight is 347 g/mol. The summed E-state index contributed by atoms with van der Waals surface area (Å²) in [5, 5.41) is 7.11. The van der Waals surface area contributed by atoms with Crippen molar-refractivity contribution in [1.82, 2.24) is 24.5 Å². The van der Waals surface area contributed by atoms with E-state index in [9.17, 15) is 26.3 Å². The summed E-state index contributed by atoms with van der Waals surface area (Å²) in [4.78, 5) is 3.97. The highest BCUT2D eigenvalue weighted by molar-refractivity contribution is 5.32. The van der Waals surface area contributed by atoms with Gasteiger partial charge in [0, 0.05) is 12.4 Å². The van der Waals surface area contributed by atoms with E-state index in [1.165, 1.54) is 18.2 Å². The molecule has 0 aromatic carbocycles. The molecule has 0 atom stereocenters. The third-order valence-corrected chi connectivity index (χ3v) is 3.01. The molecule has 3 rings (SSSR count). The zero-order valence-corrected chi connectivity index (χ0v) is 11.5. The number of pyridine rings is 1. The Hall–Kier alpha value is -2.85. The minimum atomic E-state index is -4.56. The summed E-state index contributed by atoms with van der Waals surface area (Å²) in [7, 11) is 0. The van der Waals surface area contributed by atoms with Gasteiger partial charge in [0.05, 0.1) is 23.5 Å². The normalized spacial score (nSPS) is 12.6. The van der Waals surface area contributed by atoms with Gasteiger partial charge in [-0.3, -0.25) is 0 Å². The fourth-order valence-electron chi connectivity index (χ4n) is 1.86. The Bertz CT molecular complexity index is 793. The Kier molecular flexibility index (Phi) is 3.57. The number of alkyl halides is 6. The fourth-order valence-corrected chi connectivity index (χ4v) is 1.86. The van der Waals surface area contributed by atoms with Crippen LogP contribution in [0.4, 0.5) is 26.3 Å². The van der Waals surface area contributed by atoms with Crippen LogP contribution >= 0.6 is 0 Å². The molecule has 3 heterocycles. The van der Waals surface area contributed by atoms with Crippen LogP contribution in [0.25, 0.3) is 11.6 Å². The highest BCUT2D eigenvalue weighted by Crippen LogP contribution is 2.30. The predicted octanol–water partition coefficient (Wildman–Crippen LogP) is 3.49. The first-order valence-electron chi connectivity index (χ1n) is 6.36. The van der Waals surface area contributed by atoms with Gasteiger partial charge in [-0.15, -0.1) is 0 Å². The molecule has 0 bridgehead atoms. The number of aromatic nitrogens is 5. The van der Waals surface area contributed by atoms with E-state index in [1.807, 2.05) is 0 Å². The molecule has 0 unspecified atom stereocenters. The molecular formula is C13H7F6N5. The smallest absolute Gasteiger partial charge is 0.222 e. The van der Waals surface area contributed by atoms with Crippen molar-refractivity contribution in [3.63, 3.8) is 0 Å². The van der Waals surface area contributed by atoms with Crippen molar-refractivity contribution in [2.24, 2.45) is 0 Å². The first-order valence-corrected chi connectivity index (χ1v) is 6.36. The Morgan fingerprint density at radius 2 is 1.12 bits per heavy atom. The highest BCUT2D eigenvalue weighted by atomic mass is 19.4. The lowest BCUT2D eigenvalue weighted by molar-refractivity contribution is -0.138. The quantitative estimate of drug-likeness (QED) is 0.667. The topological polar surface area (TPSA) is 48.5 Å². The lowest BCUT2D eigenvalue weighted by Crippen LogP contribution is -2.05. The van der Waals surface area contributed by atoms with Gasteiger partial charge in [-0.05, 0) is 12.1 Å². The number of rotatable bonds is 2.